The predicted octanol–water partition coefficient (Wildman–Crippen LogP) is 2.87. The minimum atomic E-state index is 0.452. The molecule has 0 fully saturated rings. The van der Waals surface area contributed by atoms with Gasteiger partial charge >= 0.3 is 0 Å². The molecule has 88 valence electrons. The van der Waals surface area contributed by atoms with Crippen LogP contribution in [0.1, 0.15) is 45.0 Å². The summed E-state index contributed by atoms with van der Waals surface area (Å²) in [4.78, 5) is 9.23. The van der Waals surface area contributed by atoms with Gasteiger partial charge < -0.3 is 0 Å². The second-order valence-corrected chi connectivity index (χ2v) is 5.82. The van der Waals surface area contributed by atoms with Crippen LogP contribution in [0.5, 0.6) is 0 Å². The summed E-state index contributed by atoms with van der Waals surface area (Å²) in [6.07, 6.45) is 2.95. The van der Waals surface area contributed by atoms with Gasteiger partial charge in [0.05, 0.1) is 11.4 Å². The zero-order valence-electron chi connectivity index (χ0n) is 10.4. The van der Waals surface area contributed by atoms with E-state index in [-0.39, 0.29) is 0 Å². The summed E-state index contributed by atoms with van der Waals surface area (Å²) in [5.41, 5.74) is 2.25. The molecule has 0 bridgehead atoms. The van der Waals surface area contributed by atoms with Crippen LogP contribution in [0.2, 0.25) is 0 Å². The molecule has 1 aliphatic heterocycles. The maximum Gasteiger partial charge on any atom is 0.133 e. The van der Waals surface area contributed by atoms with E-state index in [2.05, 4.69) is 37.0 Å². The van der Waals surface area contributed by atoms with Crippen molar-refractivity contribution >= 4 is 11.9 Å². The van der Waals surface area contributed by atoms with Crippen LogP contribution in [0, 0.1) is 0 Å². The standard InChI is InChI=1S/C12H19N3S/c1-8(2)11-7-13-10-5-6-15(9(3)4)16-12(10)14-11/h7-9H,5-6H2,1-4H3. The van der Waals surface area contributed by atoms with Gasteiger partial charge in [-0.3, -0.25) is 4.98 Å². The summed E-state index contributed by atoms with van der Waals surface area (Å²) >= 11 is 1.76. The van der Waals surface area contributed by atoms with E-state index in [4.69, 9.17) is 4.98 Å². The quantitative estimate of drug-likeness (QED) is 0.740. The zero-order valence-corrected chi connectivity index (χ0v) is 11.2. The van der Waals surface area contributed by atoms with Crippen molar-refractivity contribution in [3.05, 3.63) is 17.6 Å². The smallest absolute Gasteiger partial charge is 0.133 e. The van der Waals surface area contributed by atoms with E-state index in [1.165, 1.54) is 0 Å². The number of hydrogen-bond donors (Lipinski definition) is 0. The molecule has 16 heavy (non-hydrogen) atoms. The third-order valence-electron chi connectivity index (χ3n) is 2.77. The highest BCUT2D eigenvalue weighted by atomic mass is 32.2. The summed E-state index contributed by atoms with van der Waals surface area (Å²) in [5, 5.41) is 1.10. The fourth-order valence-electron chi connectivity index (χ4n) is 1.67. The lowest BCUT2D eigenvalue weighted by Gasteiger charge is -2.29. The Morgan fingerprint density at radius 2 is 2.06 bits per heavy atom. The van der Waals surface area contributed by atoms with Crippen molar-refractivity contribution < 1.29 is 0 Å². The Hall–Kier alpha value is -0.610. The van der Waals surface area contributed by atoms with E-state index in [9.17, 15) is 0 Å². The first-order chi connectivity index (χ1) is 7.58. The van der Waals surface area contributed by atoms with Gasteiger partial charge in [-0.2, -0.15) is 0 Å². The van der Waals surface area contributed by atoms with Gasteiger partial charge in [-0.25, -0.2) is 9.29 Å². The average Bonchev–Trinajstić information content (AvgIpc) is 2.27. The fraction of sp³-hybridized carbons (Fsp3) is 0.667. The maximum atomic E-state index is 4.70. The molecule has 0 unspecified atom stereocenters. The molecule has 2 heterocycles. The molecule has 0 N–H and O–H groups in total. The highest BCUT2D eigenvalue weighted by molar-refractivity contribution is 7.97. The van der Waals surface area contributed by atoms with Gasteiger partial charge in [-0.15, -0.1) is 0 Å². The maximum absolute atomic E-state index is 4.70. The first-order valence-corrected chi connectivity index (χ1v) is 6.65. The van der Waals surface area contributed by atoms with Crippen molar-refractivity contribution in [1.29, 1.82) is 0 Å². The van der Waals surface area contributed by atoms with Crippen LogP contribution in [0.3, 0.4) is 0 Å². The predicted molar refractivity (Wildman–Crippen MR) is 67.5 cm³/mol. The van der Waals surface area contributed by atoms with Gasteiger partial charge in [0, 0.05) is 25.2 Å². The van der Waals surface area contributed by atoms with Crippen LogP contribution in [0.15, 0.2) is 11.2 Å². The lowest BCUT2D eigenvalue weighted by atomic mass is 10.1. The van der Waals surface area contributed by atoms with Crippen molar-refractivity contribution in [3.8, 4) is 0 Å². The molecular weight excluding hydrogens is 218 g/mol. The summed E-state index contributed by atoms with van der Waals surface area (Å²) < 4.78 is 2.38. The highest BCUT2D eigenvalue weighted by Crippen LogP contribution is 2.31. The van der Waals surface area contributed by atoms with Crippen LogP contribution >= 0.6 is 11.9 Å². The number of nitrogens with zero attached hydrogens (tertiary/aromatic N) is 3. The number of fused-ring (bicyclic) bond motifs is 1. The summed E-state index contributed by atoms with van der Waals surface area (Å²) in [5.74, 6) is 0.452. The van der Waals surface area contributed by atoms with Crippen LogP contribution in [-0.2, 0) is 6.42 Å². The molecule has 0 saturated heterocycles. The van der Waals surface area contributed by atoms with E-state index in [1.807, 2.05) is 6.20 Å². The number of aromatic nitrogens is 2. The van der Waals surface area contributed by atoms with Gasteiger partial charge in [0.2, 0.25) is 0 Å². The molecular formula is C12H19N3S. The van der Waals surface area contributed by atoms with Crippen LogP contribution in [-0.4, -0.2) is 26.9 Å². The molecule has 0 spiro atoms. The Kier molecular flexibility index (Phi) is 3.50. The first kappa shape index (κ1) is 11.9. The summed E-state index contributed by atoms with van der Waals surface area (Å²) in [6.45, 7) is 9.83. The molecule has 2 rings (SSSR count). The van der Waals surface area contributed by atoms with Gasteiger partial charge in [0.25, 0.3) is 0 Å². The van der Waals surface area contributed by atoms with E-state index >= 15 is 0 Å². The second-order valence-electron chi connectivity index (χ2n) is 4.78. The molecule has 0 saturated carbocycles. The summed E-state index contributed by atoms with van der Waals surface area (Å²) in [7, 11) is 0. The molecule has 0 aromatic carbocycles. The van der Waals surface area contributed by atoms with E-state index < -0.39 is 0 Å². The number of rotatable bonds is 2. The fourth-order valence-corrected chi connectivity index (χ4v) is 2.69. The van der Waals surface area contributed by atoms with Crippen molar-refractivity contribution in [1.82, 2.24) is 14.3 Å². The molecule has 3 nitrogen and oxygen atoms in total. The monoisotopic (exact) mass is 237 g/mol. The second kappa shape index (κ2) is 4.72. The first-order valence-electron chi connectivity index (χ1n) is 5.88. The lowest BCUT2D eigenvalue weighted by Crippen LogP contribution is -2.30. The van der Waals surface area contributed by atoms with Crippen LogP contribution in [0.4, 0.5) is 0 Å². The van der Waals surface area contributed by atoms with Crippen LogP contribution < -0.4 is 0 Å². The van der Waals surface area contributed by atoms with E-state index in [0.717, 1.165) is 29.4 Å². The molecule has 1 aromatic heterocycles. The molecule has 0 amide bonds. The molecule has 0 aliphatic carbocycles. The molecule has 1 aromatic rings. The van der Waals surface area contributed by atoms with Crippen molar-refractivity contribution in [2.24, 2.45) is 0 Å². The van der Waals surface area contributed by atoms with Crippen molar-refractivity contribution in [2.45, 2.75) is 51.1 Å². The Morgan fingerprint density at radius 1 is 1.31 bits per heavy atom. The minimum absolute atomic E-state index is 0.452. The number of hydrogen-bond acceptors (Lipinski definition) is 4. The van der Waals surface area contributed by atoms with Gasteiger partial charge in [-0.1, -0.05) is 13.8 Å². The minimum Gasteiger partial charge on any atom is -0.256 e. The van der Waals surface area contributed by atoms with Crippen molar-refractivity contribution in [2.75, 3.05) is 6.54 Å². The van der Waals surface area contributed by atoms with Crippen molar-refractivity contribution in [3.63, 3.8) is 0 Å². The molecule has 0 atom stereocenters. The molecule has 1 aliphatic rings. The normalized spacial score (nSPS) is 16.9. The van der Waals surface area contributed by atoms with E-state index in [1.54, 1.807) is 11.9 Å². The SMILES string of the molecule is CC(C)c1cnc2c(n1)SN(C(C)C)CC2. The Bertz CT molecular complexity index is 377. The zero-order chi connectivity index (χ0) is 11.7. The summed E-state index contributed by atoms with van der Waals surface area (Å²) in [6, 6.07) is 0.558. The Balaban J connectivity index is 2.25. The average molecular weight is 237 g/mol. The third kappa shape index (κ3) is 2.38. The van der Waals surface area contributed by atoms with E-state index in [0.29, 0.717) is 12.0 Å². The lowest BCUT2D eigenvalue weighted by molar-refractivity contribution is 0.387. The van der Waals surface area contributed by atoms with Crippen LogP contribution in [0.25, 0.3) is 0 Å². The highest BCUT2D eigenvalue weighted by Gasteiger charge is 2.22. The third-order valence-corrected chi connectivity index (χ3v) is 4.11. The van der Waals surface area contributed by atoms with Gasteiger partial charge in [0.15, 0.2) is 0 Å². The largest absolute Gasteiger partial charge is 0.256 e. The molecule has 0 radical (unpaired) electrons. The Labute approximate surface area is 102 Å². The molecule has 4 heteroatoms. The topological polar surface area (TPSA) is 29.0 Å². The van der Waals surface area contributed by atoms with Gasteiger partial charge in [-0.05, 0) is 31.7 Å². The Morgan fingerprint density at radius 3 is 2.69 bits per heavy atom. The van der Waals surface area contributed by atoms with Gasteiger partial charge in [0.1, 0.15) is 5.03 Å².